The van der Waals surface area contributed by atoms with Gasteiger partial charge in [-0.05, 0) is 41.7 Å². The molecule has 0 aliphatic rings. The molecule has 2 N–H and O–H groups in total. The van der Waals surface area contributed by atoms with Gasteiger partial charge in [0, 0.05) is 33.9 Å². The first-order chi connectivity index (χ1) is 8.86. The van der Waals surface area contributed by atoms with Crippen molar-refractivity contribution in [2.75, 3.05) is 27.3 Å². The van der Waals surface area contributed by atoms with Crippen molar-refractivity contribution in [1.82, 2.24) is 10.6 Å². The number of aliphatic imine (C=N–C) groups is 1. The average molecular weight is 397 g/mol. The number of nitrogens with zero attached hydrogens (tertiary/aromatic N) is 1. The number of hydrogen-bond donors (Lipinski definition) is 2. The minimum absolute atomic E-state index is 0. The first kappa shape index (κ1) is 18.7. The fourth-order valence-corrected chi connectivity index (χ4v) is 2.22. The lowest BCUT2D eigenvalue weighted by Crippen LogP contribution is -2.37. The van der Waals surface area contributed by atoms with E-state index in [0.29, 0.717) is 0 Å². The van der Waals surface area contributed by atoms with Crippen molar-refractivity contribution in [2.45, 2.75) is 25.8 Å². The Kier molecular flexibility index (Phi) is 12.5. The van der Waals surface area contributed by atoms with E-state index in [1.807, 2.05) is 0 Å². The molecule has 110 valence electrons. The zero-order valence-electron chi connectivity index (χ0n) is 11.6. The van der Waals surface area contributed by atoms with Crippen LogP contribution < -0.4 is 10.6 Å². The quantitative estimate of drug-likeness (QED) is 0.307. The maximum atomic E-state index is 5.02. The molecule has 0 amide bonds. The number of halogens is 1. The number of ether oxygens (including phenoxy) is 1. The van der Waals surface area contributed by atoms with Crippen LogP contribution in [0.5, 0.6) is 0 Å². The Balaban J connectivity index is 0.00000324. The highest BCUT2D eigenvalue weighted by molar-refractivity contribution is 14.0. The number of nitrogens with one attached hydrogen (secondary N) is 2. The molecule has 0 bridgehead atoms. The molecule has 0 saturated heterocycles. The molecular weight excluding hydrogens is 373 g/mol. The predicted octanol–water partition coefficient (Wildman–Crippen LogP) is 2.85. The molecule has 0 aliphatic heterocycles. The van der Waals surface area contributed by atoms with E-state index in [4.69, 9.17) is 4.74 Å². The van der Waals surface area contributed by atoms with E-state index in [9.17, 15) is 0 Å². The van der Waals surface area contributed by atoms with Crippen molar-refractivity contribution < 1.29 is 4.74 Å². The molecule has 0 aromatic carbocycles. The average Bonchev–Trinajstić information content (AvgIpc) is 2.90. The van der Waals surface area contributed by atoms with Crippen molar-refractivity contribution in [1.29, 1.82) is 0 Å². The normalized spacial score (nSPS) is 10.9. The van der Waals surface area contributed by atoms with Gasteiger partial charge in [-0.3, -0.25) is 4.99 Å². The van der Waals surface area contributed by atoms with Crippen LogP contribution in [0.2, 0.25) is 0 Å². The zero-order valence-corrected chi connectivity index (χ0v) is 14.8. The van der Waals surface area contributed by atoms with Gasteiger partial charge in [-0.2, -0.15) is 11.3 Å². The van der Waals surface area contributed by atoms with Crippen molar-refractivity contribution in [2.24, 2.45) is 4.99 Å². The van der Waals surface area contributed by atoms with Crippen LogP contribution >= 0.6 is 35.3 Å². The van der Waals surface area contributed by atoms with Crippen LogP contribution in [-0.2, 0) is 11.3 Å². The Morgan fingerprint density at radius 3 is 2.79 bits per heavy atom. The number of unbranched alkanes of at least 4 members (excludes halogenated alkanes) is 2. The summed E-state index contributed by atoms with van der Waals surface area (Å²) in [6.45, 7) is 2.63. The van der Waals surface area contributed by atoms with Crippen LogP contribution in [0.1, 0.15) is 24.8 Å². The second-order valence-corrected chi connectivity index (χ2v) is 4.82. The topological polar surface area (TPSA) is 45.7 Å². The van der Waals surface area contributed by atoms with E-state index in [0.717, 1.165) is 38.5 Å². The third-order valence-corrected chi connectivity index (χ3v) is 3.31. The Morgan fingerprint density at radius 2 is 2.16 bits per heavy atom. The summed E-state index contributed by atoms with van der Waals surface area (Å²) in [7, 11) is 3.54. The van der Waals surface area contributed by atoms with Gasteiger partial charge in [0.1, 0.15) is 0 Å². The van der Waals surface area contributed by atoms with Gasteiger partial charge in [-0.15, -0.1) is 24.0 Å². The Bertz CT molecular complexity index is 331. The summed E-state index contributed by atoms with van der Waals surface area (Å²) in [4.78, 5) is 4.19. The van der Waals surface area contributed by atoms with Crippen LogP contribution in [0.25, 0.3) is 0 Å². The summed E-state index contributed by atoms with van der Waals surface area (Å²) in [5.41, 5.74) is 1.29. The number of guanidine groups is 1. The number of rotatable bonds is 8. The van der Waals surface area contributed by atoms with Gasteiger partial charge < -0.3 is 15.4 Å². The fraction of sp³-hybridized carbons (Fsp3) is 0.615. The van der Waals surface area contributed by atoms with E-state index < -0.39 is 0 Å². The van der Waals surface area contributed by atoms with Crippen LogP contribution in [0, 0.1) is 0 Å². The molecule has 0 fully saturated rings. The molecule has 4 nitrogen and oxygen atoms in total. The van der Waals surface area contributed by atoms with Gasteiger partial charge in [0.25, 0.3) is 0 Å². The number of thiophene rings is 1. The maximum Gasteiger partial charge on any atom is 0.191 e. The lowest BCUT2D eigenvalue weighted by molar-refractivity contribution is 0.192. The zero-order chi connectivity index (χ0) is 13.1. The standard InChI is InChI=1S/C13H23N3OS.HI/c1-14-13(15-7-4-3-5-8-17-2)16-10-12-6-9-18-11-12;/h6,9,11H,3-5,7-8,10H2,1-2H3,(H2,14,15,16);1H. The lowest BCUT2D eigenvalue weighted by Gasteiger charge is -2.11. The van der Waals surface area contributed by atoms with Crippen molar-refractivity contribution in [3.8, 4) is 0 Å². The van der Waals surface area contributed by atoms with Crippen molar-refractivity contribution >= 4 is 41.3 Å². The largest absolute Gasteiger partial charge is 0.385 e. The predicted molar refractivity (Wildman–Crippen MR) is 93.7 cm³/mol. The molecule has 1 aromatic heterocycles. The second-order valence-electron chi connectivity index (χ2n) is 4.04. The van der Waals surface area contributed by atoms with E-state index >= 15 is 0 Å². The molecule has 1 aromatic rings. The summed E-state index contributed by atoms with van der Waals surface area (Å²) in [6.07, 6.45) is 3.45. The monoisotopic (exact) mass is 397 g/mol. The third kappa shape index (κ3) is 9.23. The van der Waals surface area contributed by atoms with Crippen LogP contribution in [0.4, 0.5) is 0 Å². The fourth-order valence-electron chi connectivity index (χ4n) is 1.55. The smallest absolute Gasteiger partial charge is 0.191 e. The highest BCUT2D eigenvalue weighted by atomic mass is 127. The summed E-state index contributed by atoms with van der Waals surface area (Å²) < 4.78 is 5.02. The summed E-state index contributed by atoms with van der Waals surface area (Å²) in [5.74, 6) is 0.868. The molecule has 0 aliphatic carbocycles. The maximum absolute atomic E-state index is 5.02. The van der Waals surface area contributed by atoms with Gasteiger partial charge >= 0.3 is 0 Å². The molecule has 0 unspecified atom stereocenters. The van der Waals surface area contributed by atoms with Crippen LogP contribution in [-0.4, -0.2) is 33.3 Å². The highest BCUT2D eigenvalue weighted by Crippen LogP contribution is 2.04. The summed E-state index contributed by atoms with van der Waals surface area (Å²) in [5, 5.41) is 10.8. The Labute approximate surface area is 137 Å². The lowest BCUT2D eigenvalue weighted by atomic mass is 10.2. The molecule has 0 spiro atoms. The molecule has 19 heavy (non-hydrogen) atoms. The van der Waals surface area contributed by atoms with Crippen LogP contribution in [0.15, 0.2) is 21.8 Å². The van der Waals surface area contributed by atoms with E-state index in [1.54, 1.807) is 25.5 Å². The van der Waals surface area contributed by atoms with E-state index in [2.05, 4.69) is 32.5 Å². The first-order valence-electron chi connectivity index (χ1n) is 6.31. The Morgan fingerprint density at radius 1 is 1.32 bits per heavy atom. The van der Waals surface area contributed by atoms with Gasteiger partial charge in [0.05, 0.1) is 0 Å². The first-order valence-corrected chi connectivity index (χ1v) is 7.25. The molecule has 0 atom stereocenters. The molecule has 1 heterocycles. The van der Waals surface area contributed by atoms with E-state index in [1.165, 1.54) is 12.0 Å². The molecule has 0 radical (unpaired) electrons. The number of methoxy groups -OCH3 is 1. The molecule has 1 rings (SSSR count). The van der Waals surface area contributed by atoms with Gasteiger partial charge in [0.15, 0.2) is 5.96 Å². The summed E-state index contributed by atoms with van der Waals surface area (Å²) >= 11 is 1.72. The van der Waals surface area contributed by atoms with Crippen molar-refractivity contribution in [3.05, 3.63) is 22.4 Å². The number of hydrogen-bond acceptors (Lipinski definition) is 3. The minimum Gasteiger partial charge on any atom is -0.385 e. The van der Waals surface area contributed by atoms with Gasteiger partial charge in [-0.1, -0.05) is 0 Å². The van der Waals surface area contributed by atoms with Gasteiger partial charge in [0.2, 0.25) is 0 Å². The molecule has 0 saturated carbocycles. The summed E-state index contributed by atoms with van der Waals surface area (Å²) in [6, 6.07) is 2.12. The van der Waals surface area contributed by atoms with E-state index in [-0.39, 0.29) is 24.0 Å². The van der Waals surface area contributed by atoms with Gasteiger partial charge in [-0.25, -0.2) is 0 Å². The molecular formula is C13H24IN3OS. The van der Waals surface area contributed by atoms with Crippen LogP contribution in [0.3, 0.4) is 0 Å². The SMILES string of the molecule is CN=C(NCCCCCOC)NCc1ccsc1.I. The Hall–Kier alpha value is -0.340. The minimum atomic E-state index is 0. The van der Waals surface area contributed by atoms with Crippen molar-refractivity contribution in [3.63, 3.8) is 0 Å². The second kappa shape index (κ2) is 12.7. The molecule has 6 heteroatoms. The third-order valence-electron chi connectivity index (χ3n) is 2.58. The highest BCUT2D eigenvalue weighted by Gasteiger charge is 1.98.